The molecule has 10 unspecified atom stereocenters. The number of Topliss-reactive ketones (excluding diaryl/α,β-unsaturated/α-hetero) is 4. The molecular formula is C46H52F4N4O4S3. The average molecular weight is 897 g/mol. The van der Waals surface area contributed by atoms with E-state index >= 15 is 0 Å². The highest BCUT2D eigenvalue weighted by atomic mass is 32.1. The number of aromatic nitrogens is 2. The summed E-state index contributed by atoms with van der Waals surface area (Å²) in [6, 6.07) is 3.92. The quantitative estimate of drug-likeness (QED) is 0.104. The number of hydrogen-bond acceptors (Lipinski definition) is 9. The van der Waals surface area contributed by atoms with Crippen molar-refractivity contribution >= 4 is 119 Å². The zero-order valence-electron chi connectivity index (χ0n) is 35.0. The van der Waals surface area contributed by atoms with E-state index in [1.54, 1.807) is 11.3 Å². The molecule has 5 heterocycles. The summed E-state index contributed by atoms with van der Waals surface area (Å²) >= 11 is 4.49. The lowest BCUT2D eigenvalue weighted by molar-refractivity contribution is -0.123. The minimum absolute atomic E-state index is 0.209. The monoisotopic (exact) mass is 896 g/mol. The molecule has 4 fully saturated rings. The summed E-state index contributed by atoms with van der Waals surface area (Å²) in [5.74, 6) is -4.73. The number of rotatable bonds is 14. The zero-order chi connectivity index (χ0) is 43.0. The highest BCUT2D eigenvalue weighted by Crippen LogP contribution is 2.52. The SMILES string of the molecule is CCCCC(CC)Cn1c2cc(N=C3C(=O)C4CC(F)C(F)CC4C3=O)sc2c2sc3c4sc(N=C5C(=O)C6CC(F)C(F)CC6C5=O)cc4n(CC(CC)CCCC)c3c21. The van der Waals surface area contributed by atoms with E-state index in [2.05, 4.69) is 46.8 Å². The number of fused-ring (bicyclic) bond motifs is 9. The van der Waals surface area contributed by atoms with Gasteiger partial charge in [-0.15, -0.1) is 34.0 Å². The largest absolute Gasteiger partial charge is 0.337 e. The average Bonchev–Trinajstić information content (AvgIpc) is 4.10. The van der Waals surface area contributed by atoms with Crippen LogP contribution in [-0.4, -0.2) is 68.4 Å². The molecule has 0 radical (unpaired) electrons. The van der Waals surface area contributed by atoms with Gasteiger partial charge >= 0.3 is 0 Å². The molecule has 326 valence electrons. The van der Waals surface area contributed by atoms with Crippen molar-refractivity contribution in [1.29, 1.82) is 0 Å². The van der Waals surface area contributed by atoms with Crippen LogP contribution in [0.25, 0.3) is 40.9 Å². The van der Waals surface area contributed by atoms with Gasteiger partial charge in [-0.2, -0.15) is 0 Å². The molecule has 9 rings (SSSR count). The number of unbranched alkanes of at least 4 members (excludes halogenated alkanes) is 2. The lowest BCUT2D eigenvalue weighted by atomic mass is 9.79. The van der Waals surface area contributed by atoms with Gasteiger partial charge in [0, 0.05) is 36.8 Å². The Labute approximate surface area is 363 Å². The number of thiophene rings is 3. The summed E-state index contributed by atoms with van der Waals surface area (Å²) in [7, 11) is 0. The van der Waals surface area contributed by atoms with Crippen LogP contribution in [0, 0.1) is 35.5 Å². The number of ketones is 4. The molecule has 15 heteroatoms. The highest BCUT2D eigenvalue weighted by molar-refractivity contribution is 7.35. The lowest BCUT2D eigenvalue weighted by Crippen LogP contribution is -2.35. The Morgan fingerprint density at radius 2 is 0.902 bits per heavy atom. The number of aliphatic imine (C=N–C) groups is 2. The van der Waals surface area contributed by atoms with E-state index < -0.39 is 71.5 Å². The van der Waals surface area contributed by atoms with Crippen LogP contribution in [0.15, 0.2) is 22.1 Å². The second-order valence-corrected chi connectivity index (χ2v) is 21.0. The highest BCUT2D eigenvalue weighted by Gasteiger charge is 2.54. The van der Waals surface area contributed by atoms with E-state index in [0.717, 1.165) is 105 Å². The van der Waals surface area contributed by atoms with E-state index in [-0.39, 0.29) is 37.1 Å². The molecule has 61 heavy (non-hydrogen) atoms. The third-order valence-electron chi connectivity index (χ3n) is 14.2. The number of alkyl halides is 4. The number of carbonyl (C=O) groups excluding carboxylic acids is 4. The van der Waals surface area contributed by atoms with Gasteiger partial charge in [-0.05, 0) is 62.5 Å². The first kappa shape index (κ1) is 42.7. The first-order valence-corrected chi connectivity index (χ1v) is 24.7. The number of halogens is 4. The maximum absolute atomic E-state index is 14.4. The van der Waals surface area contributed by atoms with Crippen LogP contribution >= 0.6 is 34.0 Å². The molecule has 0 spiro atoms. The molecule has 0 bridgehead atoms. The Morgan fingerprint density at radius 3 is 1.21 bits per heavy atom. The lowest BCUT2D eigenvalue weighted by Gasteiger charge is -2.27. The summed E-state index contributed by atoms with van der Waals surface area (Å²) in [6.45, 7) is 10.3. The predicted octanol–water partition coefficient (Wildman–Crippen LogP) is 12.4. The molecule has 0 N–H and O–H groups in total. The molecule has 0 aromatic carbocycles. The van der Waals surface area contributed by atoms with Crippen molar-refractivity contribution in [3.05, 3.63) is 12.1 Å². The van der Waals surface area contributed by atoms with Gasteiger partial charge in [0.25, 0.3) is 0 Å². The second-order valence-electron chi connectivity index (χ2n) is 17.9. The third kappa shape index (κ3) is 7.20. The van der Waals surface area contributed by atoms with Gasteiger partial charge in [0.05, 0.1) is 40.9 Å². The van der Waals surface area contributed by atoms with Gasteiger partial charge in [-0.3, -0.25) is 19.2 Å². The first-order chi connectivity index (χ1) is 29.4. The predicted molar refractivity (Wildman–Crippen MR) is 239 cm³/mol. The van der Waals surface area contributed by atoms with Gasteiger partial charge in [0.1, 0.15) is 34.7 Å². The molecule has 8 nitrogen and oxygen atoms in total. The molecular weight excluding hydrogens is 845 g/mol. The van der Waals surface area contributed by atoms with Gasteiger partial charge in [0.15, 0.2) is 34.6 Å². The van der Waals surface area contributed by atoms with Crippen molar-refractivity contribution in [2.24, 2.45) is 45.5 Å². The normalized spacial score (nSPS) is 28.0. The molecule has 5 aromatic rings. The Balaban J connectivity index is 1.20. The third-order valence-corrected chi connectivity index (χ3v) is 17.7. The van der Waals surface area contributed by atoms with E-state index in [1.165, 1.54) is 22.7 Å². The maximum Gasteiger partial charge on any atom is 0.188 e. The fraction of sp³-hybridized carbons (Fsp3) is 0.609. The topological polar surface area (TPSA) is 103 Å². The number of hydrogen-bond donors (Lipinski definition) is 0. The van der Waals surface area contributed by atoms with E-state index in [9.17, 15) is 36.7 Å². The summed E-state index contributed by atoms with van der Waals surface area (Å²) in [6.07, 6.45) is 0.163. The van der Waals surface area contributed by atoms with Crippen molar-refractivity contribution in [3.63, 3.8) is 0 Å². The minimum atomic E-state index is -1.77. The van der Waals surface area contributed by atoms with E-state index in [4.69, 9.17) is 0 Å². The standard InChI is InChI=1S/C46H52F4N4O4S3/c1-5-9-11-21(7-3)19-53-31-17-33(51-35-39(55)23-13-27(47)28(48)14-24(23)40(35)56)59-43(31)45-37(53)38-46(61-45)44-32(54(38)20-22(8-4)12-10-6-2)18-34(60-44)52-36-41(57)25-15-29(49)30(50)16-26(25)42(36)58/h17-18,21-30H,5-16,19-20H2,1-4H3. The Bertz CT molecular complexity index is 2400. The summed E-state index contributed by atoms with van der Waals surface area (Å²) < 4.78 is 66.4. The first-order valence-electron chi connectivity index (χ1n) is 22.3. The van der Waals surface area contributed by atoms with Crippen LogP contribution in [-0.2, 0) is 32.3 Å². The van der Waals surface area contributed by atoms with E-state index in [0.29, 0.717) is 21.8 Å². The Morgan fingerprint density at radius 1 is 0.557 bits per heavy atom. The molecule has 4 aliphatic carbocycles. The zero-order valence-corrected chi connectivity index (χ0v) is 37.4. The van der Waals surface area contributed by atoms with E-state index in [1.807, 2.05) is 12.1 Å². The molecule has 0 aliphatic heterocycles. The summed E-state index contributed by atoms with van der Waals surface area (Å²) in [5.41, 5.74) is 3.76. The van der Waals surface area contributed by atoms with Gasteiger partial charge in [-0.25, -0.2) is 27.5 Å². The summed E-state index contributed by atoms with van der Waals surface area (Å²) in [4.78, 5) is 63.2. The Kier molecular flexibility index (Phi) is 11.8. The fourth-order valence-corrected chi connectivity index (χ4v) is 14.2. The van der Waals surface area contributed by atoms with Crippen molar-refractivity contribution in [2.75, 3.05) is 0 Å². The van der Waals surface area contributed by atoms with Crippen molar-refractivity contribution < 1.29 is 36.7 Å². The van der Waals surface area contributed by atoms with Crippen LogP contribution in [0.2, 0.25) is 0 Å². The van der Waals surface area contributed by atoms with Crippen LogP contribution in [0.3, 0.4) is 0 Å². The molecule has 4 saturated carbocycles. The van der Waals surface area contributed by atoms with Crippen LogP contribution in [0.4, 0.5) is 27.6 Å². The fourth-order valence-electron chi connectivity index (χ4n) is 10.5. The van der Waals surface area contributed by atoms with Gasteiger partial charge in [0.2, 0.25) is 0 Å². The van der Waals surface area contributed by atoms with Crippen molar-refractivity contribution in [1.82, 2.24) is 9.13 Å². The van der Waals surface area contributed by atoms with Gasteiger partial charge < -0.3 is 9.13 Å². The van der Waals surface area contributed by atoms with Crippen LogP contribution < -0.4 is 0 Å². The van der Waals surface area contributed by atoms with Gasteiger partial charge in [-0.1, -0.05) is 66.2 Å². The molecule has 0 amide bonds. The molecule has 5 aromatic heterocycles. The second kappa shape index (κ2) is 16.9. The van der Waals surface area contributed by atoms with Crippen molar-refractivity contribution in [3.8, 4) is 0 Å². The molecule has 10 atom stereocenters. The minimum Gasteiger partial charge on any atom is -0.337 e. The van der Waals surface area contributed by atoms with Crippen molar-refractivity contribution in [2.45, 2.75) is 143 Å². The maximum atomic E-state index is 14.4. The number of carbonyl (C=O) groups is 4. The van der Waals surface area contributed by atoms with Crippen LogP contribution in [0.5, 0.6) is 0 Å². The summed E-state index contributed by atoms with van der Waals surface area (Å²) in [5, 5.41) is 1.00. The Hall–Kier alpha value is -3.56. The van der Waals surface area contributed by atoms with Crippen LogP contribution in [0.1, 0.15) is 105 Å². The molecule has 4 aliphatic rings. The number of nitrogens with zero attached hydrogens (tertiary/aromatic N) is 4. The molecule has 0 saturated heterocycles. The smallest absolute Gasteiger partial charge is 0.188 e.